The summed E-state index contributed by atoms with van der Waals surface area (Å²) in [7, 11) is 2.12. The molecule has 1 aromatic rings. The number of aromatic nitrogens is 1. The Labute approximate surface area is 88.0 Å². The molecule has 0 atom stereocenters. The van der Waals surface area contributed by atoms with Gasteiger partial charge in [0.05, 0.1) is 5.56 Å². The summed E-state index contributed by atoms with van der Waals surface area (Å²) in [5.74, 6) is 0.787. The van der Waals surface area contributed by atoms with Crippen molar-refractivity contribution >= 4 is 17.5 Å². The summed E-state index contributed by atoms with van der Waals surface area (Å²) in [6.45, 7) is 2.15. The van der Waals surface area contributed by atoms with Gasteiger partial charge in [-0.05, 0) is 38.9 Å². The van der Waals surface area contributed by atoms with Crippen LogP contribution in [-0.2, 0) is 0 Å². The molecule has 0 spiro atoms. The highest BCUT2D eigenvalue weighted by Crippen LogP contribution is 2.35. The van der Waals surface area contributed by atoms with Gasteiger partial charge in [0.2, 0.25) is 5.88 Å². The first-order valence-corrected chi connectivity index (χ1v) is 5.15. The van der Waals surface area contributed by atoms with Crippen LogP contribution in [0.4, 0.5) is 5.88 Å². The molecule has 1 aliphatic heterocycles. The van der Waals surface area contributed by atoms with E-state index in [1.54, 1.807) is 0 Å². The second kappa shape index (κ2) is 3.79. The lowest BCUT2D eigenvalue weighted by Crippen LogP contribution is -2.29. The molecule has 0 amide bonds. The van der Waals surface area contributed by atoms with Crippen molar-refractivity contribution in [1.29, 1.82) is 0 Å². The Morgan fingerprint density at radius 2 is 2.14 bits per heavy atom. The summed E-state index contributed by atoms with van der Waals surface area (Å²) in [5, 5.41) is 4.09. The maximum atomic E-state index is 5.92. The van der Waals surface area contributed by atoms with Crippen molar-refractivity contribution < 1.29 is 4.52 Å². The van der Waals surface area contributed by atoms with Gasteiger partial charge < -0.3 is 15.2 Å². The monoisotopic (exact) mass is 215 g/mol. The zero-order chi connectivity index (χ0) is 10.1. The van der Waals surface area contributed by atoms with E-state index < -0.39 is 0 Å². The van der Waals surface area contributed by atoms with Gasteiger partial charge in [-0.1, -0.05) is 16.8 Å². The lowest BCUT2D eigenvalue weighted by atomic mass is 9.91. The zero-order valence-corrected chi connectivity index (χ0v) is 8.92. The molecule has 0 saturated carbocycles. The van der Waals surface area contributed by atoms with E-state index in [9.17, 15) is 0 Å². The summed E-state index contributed by atoms with van der Waals surface area (Å²) in [6, 6.07) is 0. The fourth-order valence-corrected chi connectivity index (χ4v) is 2.24. The van der Waals surface area contributed by atoms with E-state index in [1.165, 1.54) is 0 Å². The highest BCUT2D eigenvalue weighted by molar-refractivity contribution is 6.30. The third kappa shape index (κ3) is 1.72. The molecule has 0 bridgehead atoms. The number of anilines is 1. The van der Waals surface area contributed by atoms with Crippen molar-refractivity contribution in [2.45, 2.75) is 18.8 Å². The summed E-state index contributed by atoms with van der Waals surface area (Å²) in [6.07, 6.45) is 2.14. The molecule has 0 radical (unpaired) electrons. The number of nitrogens with zero attached hydrogens (tertiary/aromatic N) is 2. The molecular weight excluding hydrogens is 202 g/mol. The Kier molecular flexibility index (Phi) is 2.65. The molecule has 2 rings (SSSR count). The number of nitrogens with two attached hydrogens (primary N) is 1. The molecule has 78 valence electrons. The van der Waals surface area contributed by atoms with Crippen molar-refractivity contribution in [3.63, 3.8) is 0 Å². The van der Waals surface area contributed by atoms with Gasteiger partial charge in [-0.15, -0.1) is 0 Å². The van der Waals surface area contributed by atoms with Crippen molar-refractivity contribution in [3.05, 3.63) is 10.7 Å². The van der Waals surface area contributed by atoms with E-state index in [2.05, 4.69) is 17.1 Å². The van der Waals surface area contributed by atoms with Crippen LogP contribution in [0.5, 0.6) is 0 Å². The predicted octanol–water partition coefficient (Wildman–Crippen LogP) is 1.72. The first-order valence-electron chi connectivity index (χ1n) is 4.77. The molecule has 0 aromatic carbocycles. The molecule has 0 aliphatic carbocycles. The molecule has 1 fully saturated rings. The molecule has 1 aliphatic rings. The van der Waals surface area contributed by atoms with E-state index in [-0.39, 0.29) is 0 Å². The minimum atomic E-state index is 0.379. The van der Waals surface area contributed by atoms with Crippen LogP contribution in [0.1, 0.15) is 24.3 Å². The zero-order valence-electron chi connectivity index (χ0n) is 8.16. The quantitative estimate of drug-likeness (QED) is 0.775. The average molecular weight is 216 g/mol. The third-order valence-electron chi connectivity index (χ3n) is 2.84. The van der Waals surface area contributed by atoms with Gasteiger partial charge in [-0.25, -0.2) is 0 Å². The fraction of sp³-hybridized carbons (Fsp3) is 0.667. The fourth-order valence-electron chi connectivity index (χ4n) is 1.96. The maximum Gasteiger partial charge on any atom is 0.227 e. The second-order valence-corrected chi connectivity index (χ2v) is 4.19. The summed E-state index contributed by atoms with van der Waals surface area (Å²) in [5.41, 5.74) is 6.58. The Balaban J connectivity index is 2.15. The number of hydrogen-bond donors (Lipinski definition) is 1. The van der Waals surface area contributed by atoms with Gasteiger partial charge in [0.25, 0.3) is 0 Å². The van der Waals surface area contributed by atoms with Gasteiger partial charge in [0.15, 0.2) is 5.15 Å². The van der Waals surface area contributed by atoms with Gasteiger partial charge >= 0.3 is 0 Å². The van der Waals surface area contributed by atoms with Crippen LogP contribution in [0.25, 0.3) is 0 Å². The maximum absolute atomic E-state index is 5.92. The highest BCUT2D eigenvalue weighted by Gasteiger charge is 2.25. The molecule has 4 nitrogen and oxygen atoms in total. The summed E-state index contributed by atoms with van der Waals surface area (Å²) in [4.78, 5) is 2.30. The van der Waals surface area contributed by atoms with Crippen LogP contribution in [0.15, 0.2) is 4.52 Å². The summed E-state index contributed by atoms with van der Waals surface area (Å²) < 4.78 is 4.86. The number of piperidine rings is 1. The molecule has 1 aromatic heterocycles. The first kappa shape index (κ1) is 9.80. The second-order valence-electron chi connectivity index (χ2n) is 3.83. The van der Waals surface area contributed by atoms with Crippen molar-refractivity contribution in [3.8, 4) is 0 Å². The summed E-state index contributed by atoms with van der Waals surface area (Å²) >= 11 is 5.92. The van der Waals surface area contributed by atoms with Crippen LogP contribution < -0.4 is 5.73 Å². The van der Waals surface area contributed by atoms with Crippen LogP contribution in [-0.4, -0.2) is 30.2 Å². The van der Waals surface area contributed by atoms with E-state index in [0.717, 1.165) is 31.5 Å². The molecule has 2 heterocycles. The highest BCUT2D eigenvalue weighted by atomic mass is 35.5. The number of rotatable bonds is 1. The minimum absolute atomic E-state index is 0.379. The van der Waals surface area contributed by atoms with Gasteiger partial charge in [0, 0.05) is 0 Å². The van der Waals surface area contributed by atoms with E-state index in [0.29, 0.717) is 17.0 Å². The van der Waals surface area contributed by atoms with Gasteiger partial charge in [-0.3, -0.25) is 0 Å². The van der Waals surface area contributed by atoms with Crippen molar-refractivity contribution in [2.24, 2.45) is 0 Å². The number of halogens is 1. The number of likely N-dealkylation sites (tertiary alicyclic amines) is 1. The van der Waals surface area contributed by atoms with E-state index >= 15 is 0 Å². The Bertz CT molecular complexity index is 298. The largest absolute Gasteiger partial charge is 0.367 e. The Morgan fingerprint density at radius 1 is 1.50 bits per heavy atom. The smallest absolute Gasteiger partial charge is 0.227 e. The normalized spacial score (nSPS) is 20.1. The van der Waals surface area contributed by atoms with Crippen molar-refractivity contribution in [2.75, 3.05) is 25.9 Å². The van der Waals surface area contributed by atoms with Crippen LogP contribution in [0, 0.1) is 0 Å². The topological polar surface area (TPSA) is 55.3 Å². The Hall–Kier alpha value is -0.740. The standard InChI is InChI=1S/C9H14ClN3O/c1-13-4-2-6(3-5-13)7-8(10)12-14-9(7)11/h6H,2-5,11H2,1H3. The lowest BCUT2D eigenvalue weighted by Gasteiger charge is -2.28. The lowest BCUT2D eigenvalue weighted by molar-refractivity contribution is 0.255. The predicted molar refractivity (Wildman–Crippen MR) is 55.4 cm³/mol. The molecule has 0 unspecified atom stereocenters. The first-order chi connectivity index (χ1) is 6.68. The molecule has 5 heteroatoms. The molecule has 14 heavy (non-hydrogen) atoms. The van der Waals surface area contributed by atoms with E-state index in [1.807, 2.05) is 0 Å². The minimum Gasteiger partial charge on any atom is -0.367 e. The van der Waals surface area contributed by atoms with Crippen molar-refractivity contribution in [1.82, 2.24) is 10.1 Å². The molecule has 2 N–H and O–H groups in total. The Morgan fingerprint density at radius 3 is 2.64 bits per heavy atom. The number of hydrogen-bond acceptors (Lipinski definition) is 4. The van der Waals surface area contributed by atoms with Gasteiger partial charge in [0.1, 0.15) is 0 Å². The van der Waals surface area contributed by atoms with Crippen LogP contribution >= 0.6 is 11.6 Å². The molecule has 1 saturated heterocycles. The van der Waals surface area contributed by atoms with E-state index in [4.69, 9.17) is 21.9 Å². The van der Waals surface area contributed by atoms with Crippen LogP contribution in [0.2, 0.25) is 5.15 Å². The SMILES string of the molecule is CN1CCC(c2c(Cl)noc2N)CC1. The average Bonchev–Trinajstić information content (AvgIpc) is 2.49. The third-order valence-corrected chi connectivity index (χ3v) is 3.11. The molecular formula is C9H14ClN3O. The number of nitrogen functional groups attached to an aromatic ring is 1. The van der Waals surface area contributed by atoms with Gasteiger partial charge in [-0.2, -0.15) is 0 Å². The van der Waals surface area contributed by atoms with Crippen LogP contribution in [0.3, 0.4) is 0 Å².